The van der Waals surface area contributed by atoms with Crippen molar-refractivity contribution in [2.24, 2.45) is 0 Å². The molecule has 0 saturated carbocycles. The van der Waals surface area contributed by atoms with Crippen molar-refractivity contribution in [2.75, 3.05) is 0 Å². The molecule has 0 unspecified atom stereocenters. The number of carbonyl (C=O) groups is 2. The lowest BCUT2D eigenvalue weighted by Crippen LogP contribution is -1.94. The van der Waals surface area contributed by atoms with Crippen LogP contribution in [-0.4, -0.2) is 22.2 Å². The molecular formula is C12H18O4. The minimum atomic E-state index is -0.864. The molecule has 0 atom stereocenters. The van der Waals surface area contributed by atoms with Crippen LogP contribution in [0, 0.1) is 0 Å². The highest BCUT2D eigenvalue weighted by molar-refractivity contribution is 5.86. The second-order valence-corrected chi connectivity index (χ2v) is 2.99. The molecule has 0 spiro atoms. The molecule has 16 heavy (non-hydrogen) atoms. The maximum Gasteiger partial charge on any atom is 0.330 e. The topological polar surface area (TPSA) is 74.6 Å². The first-order valence-electron chi connectivity index (χ1n) is 4.73. The number of carboxylic acids is 2. The molecule has 0 rings (SSSR count). The Bertz CT molecular complexity index is 311. The van der Waals surface area contributed by atoms with E-state index in [1.54, 1.807) is 39.0 Å². The second-order valence-electron chi connectivity index (χ2n) is 2.99. The molecule has 0 radical (unpaired) electrons. The van der Waals surface area contributed by atoms with Gasteiger partial charge in [0.15, 0.2) is 0 Å². The molecule has 90 valence electrons. The lowest BCUT2D eigenvalue weighted by Gasteiger charge is -1.87. The molecule has 0 amide bonds. The molecule has 0 aromatic carbocycles. The third-order valence-electron chi connectivity index (χ3n) is 1.70. The zero-order chi connectivity index (χ0) is 13.1. The Morgan fingerprint density at radius 2 is 1.56 bits per heavy atom. The van der Waals surface area contributed by atoms with Crippen LogP contribution in [0.15, 0.2) is 36.0 Å². The number of aliphatic carboxylic acids is 2. The minimum absolute atomic E-state index is 0.370. The van der Waals surface area contributed by atoms with Gasteiger partial charge in [0, 0.05) is 11.1 Å². The first-order chi connectivity index (χ1) is 7.36. The van der Waals surface area contributed by atoms with Gasteiger partial charge in [0.05, 0.1) is 0 Å². The largest absolute Gasteiger partial charge is 0.478 e. The Morgan fingerprint density at radius 3 is 1.75 bits per heavy atom. The SMILES string of the molecule is C=CCC=C(C)C(=O)O.CC=C(C)C(=O)O. The van der Waals surface area contributed by atoms with E-state index in [0.29, 0.717) is 17.6 Å². The van der Waals surface area contributed by atoms with Crippen molar-refractivity contribution in [3.05, 3.63) is 36.0 Å². The van der Waals surface area contributed by atoms with Crippen LogP contribution in [0.5, 0.6) is 0 Å². The summed E-state index contributed by atoms with van der Waals surface area (Å²) in [6, 6.07) is 0. The van der Waals surface area contributed by atoms with Gasteiger partial charge in [0.1, 0.15) is 0 Å². The summed E-state index contributed by atoms with van der Waals surface area (Å²) >= 11 is 0. The van der Waals surface area contributed by atoms with Crippen molar-refractivity contribution in [2.45, 2.75) is 27.2 Å². The highest BCUT2D eigenvalue weighted by Crippen LogP contribution is 1.94. The Balaban J connectivity index is 0. The lowest BCUT2D eigenvalue weighted by atomic mass is 10.2. The summed E-state index contributed by atoms with van der Waals surface area (Å²) in [6.07, 6.45) is 5.46. The van der Waals surface area contributed by atoms with Crippen LogP contribution in [0.25, 0.3) is 0 Å². The first kappa shape index (κ1) is 16.6. The van der Waals surface area contributed by atoms with Crippen molar-refractivity contribution in [1.29, 1.82) is 0 Å². The summed E-state index contributed by atoms with van der Waals surface area (Å²) in [5.74, 6) is -1.71. The van der Waals surface area contributed by atoms with Gasteiger partial charge in [-0.15, -0.1) is 6.58 Å². The number of hydrogen-bond acceptors (Lipinski definition) is 2. The van der Waals surface area contributed by atoms with Crippen LogP contribution in [0.1, 0.15) is 27.2 Å². The van der Waals surface area contributed by atoms with Gasteiger partial charge in [-0.2, -0.15) is 0 Å². The summed E-state index contributed by atoms with van der Waals surface area (Å²) in [5, 5.41) is 16.4. The highest BCUT2D eigenvalue weighted by atomic mass is 16.4. The second kappa shape index (κ2) is 9.71. The molecule has 0 aromatic rings. The van der Waals surface area contributed by atoms with E-state index < -0.39 is 11.9 Å². The summed E-state index contributed by atoms with van der Waals surface area (Å²) in [7, 11) is 0. The molecule has 0 aliphatic carbocycles. The quantitative estimate of drug-likeness (QED) is 0.570. The van der Waals surface area contributed by atoms with Gasteiger partial charge >= 0.3 is 11.9 Å². The van der Waals surface area contributed by atoms with E-state index in [4.69, 9.17) is 10.2 Å². The maximum absolute atomic E-state index is 10.1. The summed E-state index contributed by atoms with van der Waals surface area (Å²) in [4.78, 5) is 20.0. The van der Waals surface area contributed by atoms with Gasteiger partial charge in [-0.1, -0.05) is 18.2 Å². The van der Waals surface area contributed by atoms with Crippen molar-refractivity contribution < 1.29 is 19.8 Å². The van der Waals surface area contributed by atoms with E-state index >= 15 is 0 Å². The van der Waals surface area contributed by atoms with Crippen molar-refractivity contribution in [1.82, 2.24) is 0 Å². The minimum Gasteiger partial charge on any atom is -0.478 e. The fourth-order valence-electron chi connectivity index (χ4n) is 0.471. The third-order valence-corrected chi connectivity index (χ3v) is 1.70. The Labute approximate surface area is 95.6 Å². The van der Waals surface area contributed by atoms with Gasteiger partial charge in [0.25, 0.3) is 0 Å². The molecule has 0 aliphatic heterocycles. The predicted octanol–water partition coefficient (Wildman–Crippen LogP) is 2.63. The molecule has 0 aromatic heterocycles. The van der Waals surface area contributed by atoms with Gasteiger partial charge < -0.3 is 10.2 Å². The molecule has 0 heterocycles. The van der Waals surface area contributed by atoms with E-state index in [0.717, 1.165) is 0 Å². The zero-order valence-electron chi connectivity index (χ0n) is 9.86. The van der Waals surface area contributed by atoms with Gasteiger partial charge in [-0.3, -0.25) is 0 Å². The summed E-state index contributed by atoms with van der Waals surface area (Å²) < 4.78 is 0. The third kappa shape index (κ3) is 10.2. The molecule has 2 N–H and O–H groups in total. The summed E-state index contributed by atoms with van der Waals surface area (Å²) in [5.41, 5.74) is 0.759. The summed E-state index contributed by atoms with van der Waals surface area (Å²) in [6.45, 7) is 8.27. The smallest absolute Gasteiger partial charge is 0.330 e. The Hall–Kier alpha value is -1.84. The van der Waals surface area contributed by atoms with Crippen molar-refractivity contribution in [3.8, 4) is 0 Å². The van der Waals surface area contributed by atoms with Crippen LogP contribution in [0.4, 0.5) is 0 Å². The molecule has 4 nitrogen and oxygen atoms in total. The van der Waals surface area contributed by atoms with E-state index in [2.05, 4.69) is 6.58 Å². The van der Waals surface area contributed by atoms with Crippen LogP contribution in [0.2, 0.25) is 0 Å². The highest BCUT2D eigenvalue weighted by Gasteiger charge is 1.95. The van der Waals surface area contributed by atoms with E-state index in [1.807, 2.05) is 0 Å². The van der Waals surface area contributed by atoms with Gasteiger partial charge in [0.2, 0.25) is 0 Å². The molecule has 0 bridgehead atoms. The zero-order valence-corrected chi connectivity index (χ0v) is 9.86. The molecular weight excluding hydrogens is 208 g/mol. The normalized spacial score (nSPS) is 11.2. The number of allylic oxidation sites excluding steroid dienone is 3. The number of carboxylic acid groups (broad SMARTS) is 2. The van der Waals surface area contributed by atoms with E-state index in [9.17, 15) is 9.59 Å². The van der Waals surface area contributed by atoms with Crippen molar-refractivity contribution in [3.63, 3.8) is 0 Å². The average Bonchev–Trinajstić information content (AvgIpc) is 2.25. The van der Waals surface area contributed by atoms with Crippen LogP contribution in [0.3, 0.4) is 0 Å². The average molecular weight is 226 g/mol. The monoisotopic (exact) mass is 226 g/mol. The molecule has 4 heteroatoms. The maximum atomic E-state index is 10.1. The Morgan fingerprint density at radius 1 is 1.12 bits per heavy atom. The fourth-order valence-corrected chi connectivity index (χ4v) is 0.471. The van der Waals surface area contributed by atoms with Crippen LogP contribution in [-0.2, 0) is 9.59 Å². The van der Waals surface area contributed by atoms with Gasteiger partial charge in [-0.05, 0) is 27.2 Å². The predicted molar refractivity (Wildman–Crippen MR) is 63.3 cm³/mol. The first-order valence-corrected chi connectivity index (χ1v) is 4.73. The van der Waals surface area contributed by atoms with E-state index in [1.165, 1.54) is 0 Å². The van der Waals surface area contributed by atoms with Crippen molar-refractivity contribution >= 4 is 11.9 Å². The van der Waals surface area contributed by atoms with Crippen LogP contribution < -0.4 is 0 Å². The lowest BCUT2D eigenvalue weighted by molar-refractivity contribution is -0.133. The fraction of sp³-hybridized carbons (Fsp3) is 0.333. The molecule has 0 saturated heterocycles. The molecule has 0 aliphatic rings. The van der Waals surface area contributed by atoms with Gasteiger partial charge in [-0.25, -0.2) is 9.59 Å². The molecule has 0 fully saturated rings. The Kier molecular flexibility index (Phi) is 10.1. The van der Waals surface area contributed by atoms with Crippen LogP contribution >= 0.6 is 0 Å². The van der Waals surface area contributed by atoms with E-state index in [-0.39, 0.29) is 0 Å². The standard InChI is InChI=1S/C7H10O2.C5H8O2/c1-3-4-5-6(2)7(8)9;1-3-4(2)5(6)7/h3,5H,1,4H2,2H3,(H,8,9);3H,1-2H3,(H,6,7). The number of rotatable bonds is 4. The number of hydrogen-bond donors (Lipinski definition) is 2.